The van der Waals surface area contributed by atoms with Gasteiger partial charge in [-0.3, -0.25) is 4.57 Å². The van der Waals surface area contributed by atoms with Gasteiger partial charge in [0.15, 0.2) is 0 Å². The van der Waals surface area contributed by atoms with E-state index in [-0.39, 0.29) is 13.2 Å². The Morgan fingerprint density at radius 1 is 1.32 bits per heavy atom. The van der Waals surface area contributed by atoms with Crippen LogP contribution in [0.5, 0.6) is 5.75 Å². The highest BCUT2D eigenvalue weighted by atomic mass is 35.5. The molecule has 0 aromatic heterocycles. The summed E-state index contributed by atoms with van der Waals surface area (Å²) in [6, 6.07) is 4.94. The summed E-state index contributed by atoms with van der Waals surface area (Å²) in [6.45, 7) is 3.95. The molecule has 0 saturated heterocycles. The first-order valence-corrected chi connectivity index (χ1v) is 7.95. The summed E-state index contributed by atoms with van der Waals surface area (Å²) in [5, 5.41) is 0.478. The Morgan fingerprint density at radius 3 is 2.37 bits per heavy atom. The van der Waals surface area contributed by atoms with E-state index >= 15 is 0 Å². The molecule has 108 valence electrons. The highest BCUT2D eigenvalue weighted by Gasteiger charge is 2.35. The molecule has 5 nitrogen and oxygen atoms in total. The topological polar surface area (TPSA) is 70.8 Å². The molecule has 0 bridgehead atoms. The lowest BCUT2D eigenvalue weighted by Gasteiger charge is -2.24. The van der Waals surface area contributed by atoms with Crippen molar-refractivity contribution in [3.63, 3.8) is 0 Å². The molecule has 0 saturated carbocycles. The van der Waals surface area contributed by atoms with Crippen LogP contribution < -0.4 is 10.5 Å². The van der Waals surface area contributed by atoms with Gasteiger partial charge in [0.1, 0.15) is 11.5 Å². The average molecular weight is 308 g/mol. The summed E-state index contributed by atoms with van der Waals surface area (Å²) in [4.78, 5) is 0. The molecule has 1 atom stereocenters. The largest absolute Gasteiger partial charge is 0.496 e. The van der Waals surface area contributed by atoms with E-state index in [1.54, 1.807) is 32.0 Å². The van der Waals surface area contributed by atoms with Gasteiger partial charge in [-0.05, 0) is 32.0 Å². The van der Waals surface area contributed by atoms with Gasteiger partial charge in [0.05, 0.1) is 20.3 Å². The molecule has 0 aliphatic heterocycles. The van der Waals surface area contributed by atoms with E-state index in [2.05, 4.69) is 0 Å². The minimum Gasteiger partial charge on any atom is -0.496 e. The third-order valence-corrected chi connectivity index (χ3v) is 4.90. The van der Waals surface area contributed by atoms with E-state index in [1.807, 2.05) is 0 Å². The molecule has 0 radical (unpaired) electrons. The van der Waals surface area contributed by atoms with Gasteiger partial charge < -0.3 is 19.5 Å². The summed E-state index contributed by atoms with van der Waals surface area (Å²) in [5.41, 5.74) is 6.54. The molecule has 7 heteroatoms. The number of methoxy groups -OCH3 is 1. The van der Waals surface area contributed by atoms with E-state index in [1.165, 1.54) is 7.11 Å². The van der Waals surface area contributed by atoms with Crippen LogP contribution >= 0.6 is 19.2 Å². The van der Waals surface area contributed by atoms with Gasteiger partial charge in [-0.25, -0.2) is 0 Å². The molecule has 1 aromatic carbocycles. The van der Waals surface area contributed by atoms with Gasteiger partial charge in [0, 0.05) is 10.6 Å². The van der Waals surface area contributed by atoms with Crippen molar-refractivity contribution in [1.82, 2.24) is 0 Å². The van der Waals surface area contributed by atoms with Gasteiger partial charge >= 0.3 is 7.60 Å². The molecule has 0 heterocycles. The van der Waals surface area contributed by atoms with Gasteiger partial charge in [-0.2, -0.15) is 0 Å². The monoisotopic (exact) mass is 307 g/mol. The first-order chi connectivity index (χ1) is 8.98. The van der Waals surface area contributed by atoms with Crippen LogP contribution in [-0.2, 0) is 13.6 Å². The van der Waals surface area contributed by atoms with Crippen molar-refractivity contribution in [2.45, 2.75) is 19.6 Å². The predicted octanol–water partition coefficient (Wildman–Crippen LogP) is 3.57. The molecule has 0 aliphatic carbocycles. The van der Waals surface area contributed by atoms with Crippen LogP contribution in [0.15, 0.2) is 18.2 Å². The zero-order chi connectivity index (χ0) is 14.5. The molecular formula is C12H19ClNO4P. The number of halogens is 1. The molecule has 0 fully saturated rings. The number of hydrogen-bond donors (Lipinski definition) is 1. The van der Waals surface area contributed by atoms with Crippen LogP contribution in [0.3, 0.4) is 0 Å². The first kappa shape index (κ1) is 16.5. The zero-order valence-corrected chi connectivity index (χ0v) is 12.9. The van der Waals surface area contributed by atoms with Gasteiger partial charge in [0.25, 0.3) is 0 Å². The molecule has 19 heavy (non-hydrogen) atoms. The normalized spacial score (nSPS) is 13.3. The fourth-order valence-corrected chi connectivity index (χ4v) is 3.50. The summed E-state index contributed by atoms with van der Waals surface area (Å²) >= 11 is 5.94. The standard InChI is InChI=1S/C12H19ClNO4P/c1-4-17-19(15,18-5-2)12(14)10-8-9(13)6-7-11(10)16-3/h6-8,12H,4-5,14H2,1-3H3/t12-/m0/s1. The summed E-state index contributed by atoms with van der Waals surface area (Å²) < 4.78 is 28.3. The fraction of sp³-hybridized carbons (Fsp3) is 0.500. The average Bonchev–Trinajstić information content (AvgIpc) is 2.38. The molecule has 1 aromatic rings. The number of nitrogens with two attached hydrogens (primary N) is 1. The van der Waals surface area contributed by atoms with Crippen molar-refractivity contribution in [2.24, 2.45) is 5.73 Å². The van der Waals surface area contributed by atoms with Crippen molar-refractivity contribution in [2.75, 3.05) is 20.3 Å². The van der Waals surface area contributed by atoms with Crippen LogP contribution in [0.4, 0.5) is 0 Å². The highest BCUT2D eigenvalue weighted by Crippen LogP contribution is 2.59. The fourth-order valence-electron chi connectivity index (χ4n) is 1.66. The molecule has 1 rings (SSSR count). The Balaban J connectivity index is 3.19. The lowest BCUT2D eigenvalue weighted by atomic mass is 10.2. The minimum atomic E-state index is -3.45. The SMILES string of the molecule is CCOP(=O)(OCC)[C@H](N)c1cc(Cl)ccc1OC. The smallest absolute Gasteiger partial charge is 0.351 e. The third-order valence-electron chi connectivity index (χ3n) is 2.47. The summed E-state index contributed by atoms with van der Waals surface area (Å²) in [6.07, 6.45) is 0. The van der Waals surface area contributed by atoms with Gasteiger partial charge in [0.2, 0.25) is 0 Å². The quantitative estimate of drug-likeness (QED) is 0.780. The van der Waals surface area contributed by atoms with Crippen LogP contribution in [0.25, 0.3) is 0 Å². The maximum absolute atomic E-state index is 12.6. The van der Waals surface area contributed by atoms with Crippen LogP contribution in [-0.4, -0.2) is 20.3 Å². The summed E-state index contributed by atoms with van der Waals surface area (Å²) in [5.74, 6) is -0.447. The highest BCUT2D eigenvalue weighted by molar-refractivity contribution is 7.54. The lowest BCUT2D eigenvalue weighted by molar-refractivity contribution is 0.212. The van der Waals surface area contributed by atoms with Crippen LogP contribution in [0, 0.1) is 0 Å². The van der Waals surface area contributed by atoms with Crippen molar-refractivity contribution < 1.29 is 18.3 Å². The molecule has 0 aliphatic rings. The molecular weight excluding hydrogens is 289 g/mol. The third kappa shape index (κ3) is 3.94. The Bertz CT molecular complexity index is 459. The van der Waals surface area contributed by atoms with E-state index < -0.39 is 13.4 Å². The lowest BCUT2D eigenvalue weighted by Crippen LogP contribution is -2.16. The van der Waals surface area contributed by atoms with Crippen molar-refractivity contribution in [3.05, 3.63) is 28.8 Å². The summed E-state index contributed by atoms with van der Waals surface area (Å²) in [7, 11) is -1.95. The second-order valence-electron chi connectivity index (χ2n) is 3.71. The first-order valence-electron chi connectivity index (χ1n) is 5.96. The van der Waals surface area contributed by atoms with Gasteiger partial charge in [-0.15, -0.1) is 0 Å². The van der Waals surface area contributed by atoms with Crippen molar-refractivity contribution >= 4 is 19.2 Å². The van der Waals surface area contributed by atoms with Gasteiger partial charge in [-0.1, -0.05) is 11.6 Å². The van der Waals surface area contributed by atoms with E-state index in [0.717, 1.165) is 0 Å². The van der Waals surface area contributed by atoms with Crippen LogP contribution in [0.1, 0.15) is 25.2 Å². The molecule has 0 amide bonds. The number of rotatable bonds is 7. The number of benzene rings is 1. The minimum absolute atomic E-state index is 0.244. The number of ether oxygens (including phenoxy) is 1. The Hall–Kier alpha value is -0.580. The Labute approximate surface area is 118 Å². The van der Waals surface area contributed by atoms with E-state index in [4.69, 9.17) is 31.1 Å². The maximum Gasteiger partial charge on any atom is 0.351 e. The zero-order valence-electron chi connectivity index (χ0n) is 11.3. The van der Waals surface area contributed by atoms with E-state index in [0.29, 0.717) is 16.3 Å². The Kier molecular flexibility index (Phi) is 6.30. The molecule has 0 spiro atoms. The maximum atomic E-state index is 12.6. The van der Waals surface area contributed by atoms with E-state index in [9.17, 15) is 4.57 Å². The number of hydrogen-bond acceptors (Lipinski definition) is 5. The Morgan fingerprint density at radius 2 is 1.89 bits per heavy atom. The van der Waals surface area contributed by atoms with Crippen molar-refractivity contribution in [1.29, 1.82) is 0 Å². The molecule has 0 unspecified atom stereocenters. The predicted molar refractivity (Wildman–Crippen MR) is 75.8 cm³/mol. The van der Waals surface area contributed by atoms with Crippen LogP contribution in [0.2, 0.25) is 5.02 Å². The second-order valence-corrected chi connectivity index (χ2v) is 6.30. The van der Waals surface area contributed by atoms with Crippen molar-refractivity contribution in [3.8, 4) is 5.75 Å². The second kappa shape index (κ2) is 7.27. The molecule has 2 N–H and O–H groups in total.